The summed E-state index contributed by atoms with van der Waals surface area (Å²) in [5.41, 5.74) is 0.224. The van der Waals surface area contributed by atoms with E-state index in [-0.39, 0.29) is 5.41 Å². The lowest BCUT2D eigenvalue weighted by molar-refractivity contribution is 0.376. The Balaban J connectivity index is 2.85. The molecule has 0 aliphatic heterocycles. The summed E-state index contributed by atoms with van der Waals surface area (Å²) in [6.45, 7) is 10.5. The van der Waals surface area contributed by atoms with Crippen molar-refractivity contribution < 1.29 is 0 Å². The summed E-state index contributed by atoms with van der Waals surface area (Å²) in [5, 5.41) is 6.53. The summed E-state index contributed by atoms with van der Waals surface area (Å²) in [6.07, 6.45) is 2.14. The molecule has 0 atom stereocenters. The van der Waals surface area contributed by atoms with Gasteiger partial charge >= 0.3 is 0 Å². The molecule has 1 rings (SSSR count). The molecule has 114 valence electrons. The number of hydrogen-bond donors (Lipinski definition) is 2. The molecule has 6 nitrogen and oxygen atoms in total. The minimum atomic E-state index is 0.224. The molecule has 0 saturated heterocycles. The first-order valence-corrected chi connectivity index (χ1v) is 7.29. The van der Waals surface area contributed by atoms with Crippen LogP contribution < -0.4 is 15.5 Å². The van der Waals surface area contributed by atoms with Gasteiger partial charge in [-0.2, -0.15) is 15.0 Å². The molecular formula is C14H28N6. The van der Waals surface area contributed by atoms with Crippen LogP contribution >= 0.6 is 0 Å². The molecule has 0 radical (unpaired) electrons. The highest BCUT2D eigenvalue weighted by Crippen LogP contribution is 2.20. The molecule has 1 aromatic rings. The van der Waals surface area contributed by atoms with E-state index in [0.717, 1.165) is 25.9 Å². The monoisotopic (exact) mass is 280 g/mol. The van der Waals surface area contributed by atoms with Crippen molar-refractivity contribution in [1.82, 2.24) is 15.0 Å². The van der Waals surface area contributed by atoms with Crippen LogP contribution in [-0.2, 0) is 0 Å². The first kappa shape index (κ1) is 16.5. The van der Waals surface area contributed by atoms with Gasteiger partial charge in [0.15, 0.2) is 0 Å². The van der Waals surface area contributed by atoms with Gasteiger partial charge < -0.3 is 15.5 Å². The molecule has 0 saturated carbocycles. The Morgan fingerprint density at radius 3 is 2.10 bits per heavy atom. The molecule has 0 spiro atoms. The maximum absolute atomic E-state index is 4.43. The average Bonchev–Trinajstić information content (AvgIpc) is 2.43. The number of anilines is 3. The Hall–Kier alpha value is -1.59. The van der Waals surface area contributed by atoms with Gasteiger partial charge in [-0.3, -0.25) is 0 Å². The van der Waals surface area contributed by atoms with Crippen LogP contribution in [-0.4, -0.2) is 42.1 Å². The SMILES string of the molecule is CCCNc1nc(NCC(C)(C)CC)nc(N(C)C)n1. The average molecular weight is 280 g/mol. The van der Waals surface area contributed by atoms with Gasteiger partial charge in [0.2, 0.25) is 17.8 Å². The standard InChI is InChI=1S/C14H28N6/c1-7-9-15-11-17-12(16-10-14(3,4)8-2)19-13(18-11)20(5)6/h7-10H2,1-6H3,(H2,15,16,17,18,19). The quantitative estimate of drug-likeness (QED) is 0.763. The normalized spacial score (nSPS) is 11.3. The number of rotatable bonds is 8. The number of nitrogens with one attached hydrogen (secondary N) is 2. The van der Waals surface area contributed by atoms with Gasteiger partial charge in [-0.1, -0.05) is 27.7 Å². The Labute approximate surface area is 122 Å². The topological polar surface area (TPSA) is 66.0 Å². The largest absolute Gasteiger partial charge is 0.354 e. The molecule has 2 N–H and O–H groups in total. The molecule has 1 aromatic heterocycles. The molecule has 6 heteroatoms. The first-order chi connectivity index (χ1) is 9.38. The Bertz CT molecular complexity index is 416. The zero-order valence-corrected chi connectivity index (χ0v) is 13.6. The fourth-order valence-corrected chi connectivity index (χ4v) is 1.40. The van der Waals surface area contributed by atoms with E-state index in [4.69, 9.17) is 0 Å². The van der Waals surface area contributed by atoms with Crippen molar-refractivity contribution in [3.8, 4) is 0 Å². The highest BCUT2D eigenvalue weighted by Gasteiger charge is 2.16. The second-order valence-corrected chi connectivity index (χ2v) is 5.98. The van der Waals surface area contributed by atoms with Crippen LogP contribution in [0, 0.1) is 5.41 Å². The molecular weight excluding hydrogens is 252 g/mol. The maximum atomic E-state index is 4.43. The summed E-state index contributed by atoms with van der Waals surface area (Å²) in [7, 11) is 3.86. The molecule has 1 heterocycles. The van der Waals surface area contributed by atoms with E-state index < -0.39 is 0 Å². The minimum Gasteiger partial charge on any atom is -0.354 e. The van der Waals surface area contributed by atoms with Crippen LogP contribution in [0.5, 0.6) is 0 Å². The minimum absolute atomic E-state index is 0.224. The maximum Gasteiger partial charge on any atom is 0.231 e. The van der Waals surface area contributed by atoms with Gasteiger partial charge in [-0.05, 0) is 18.3 Å². The molecule has 0 unspecified atom stereocenters. The second-order valence-electron chi connectivity index (χ2n) is 5.98. The van der Waals surface area contributed by atoms with E-state index in [0.29, 0.717) is 17.8 Å². The molecule has 0 aromatic carbocycles. The number of aromatic nitrogens is 3. The van der Waals surface area contributed by atoms with Crippen molar-refractivity contribution in [2.24, 2.45) is 5.41 Å². The second kappa shape index (κ2) is 7.26. The number of hydrogen-bond acceptors (Lipinski definition) is 6. The van der Waals surface area contributed by atoms with Crippen LogP contribution in [0.4, 0.5) is 17.8 Å². The van der Waals surface area contributed by atoms with Crippen LogP contribution in [0.2, 0.25) is 0 Å². The summed E-state index contributed by atoms with van der Waals surface area (Å²) in [4.78, 5) is 15.1. The van der Waals surface area contributed by atoms with Gasteiger partial charge in [0.1, 0.15) is 0 Å². The van der Waals surface area contributed by atoms with E-state index in [1.54, 1.807) is 0 Å². The van der Waals surface area contributed by atoms with Crippen LogP contribution in [0.1, 0.15) is 40.5 Å². The molecule has 0 bridgehead atoms. The fourth-order valence-electron chi connectivity index (χ4n) is 1.40. The van der Waals surface area contributed by atoms with E-state index in [9.17, 15) is 0 Å². The van der Waals surface area contributed by atoms with Gasteiger partial charge in [0.05, 0.1) is 0 Å². The van der Waals surface area contributed by atoms with Crippen molar-refractivity contribution in [1.29, 1.82) is 0 Å². The van der Waals surface area contributed by atoms with Gasteiger partial charge in [0.25, 0.3) is 0 Å². The Morgan fingerprint density at radius 1 is 1.00 bits per heavy atom. The molecule has 0 amide bonds. The first-order valence-electron chi connectivity index (χ1n) is 7.29. The summed E-state index contributed by atoms with van der Waals surface area (Å²) in [6, 6.07) is 0. The van der Waals surface area contributed by atoms with Gasteiger partial charge in [-0.15, -0.1) is 0 Å². The van der Waals surface area contributed by atoms with Gasteiger partial charge in [0, 0.05) is 27.2 Å². The third-order valence-electron chi connectivity index (χ3n) is 3.24. The lowest BCUT2D eigenvalue weighted by Gasteiger charge is -2.23. The zero-order chi connectivity index (χ0) is 15.2. The zero-order valence-electron chi connectivity index (χ0n) is 13.6. The number of nitrogens with zero attached hydrogens (tertiary/aromatic N) is 4. The summed E-state index contributed by atoms with van der Waals surface area (Å²) >= 11 is 0. The van der Waals surface area contributed by atoms with Crippen molar-refractivity contribution in [2.75, 3.05) is 42.7 Å². The van der Waals surface area contributed by atoms with E-state index >= 15 is 0 Å². The van der Waals surface area contributed by atoms with Crippen LogP contribution in [0.25, 0.3) is 0 Å². The molecule has 0 aliphatic carbocycles. The van der Waals surface area contributed by atoms with E-state index in [1.807, 2.05) is 19.0 Å². The summed E-state index contributed by atoms with van der Waals surface area (Å²) < 4.78 is 0. The smallest absolute Gasteiger partial charge is 0.231 e. The highest BCUT2D eigenvalue weighted by atomic mass is 15.3. The fraction of sp³-hybridized carbons (Fsp3) is 0.786. The molecule has 0 aliphatic rings. The Morgan fingerprint density at radius 2 is 1.60 bits per heavy atom. The van der Waals surface area contributed by atoms with Crippen molar-refractivity contribution in [3.05, 3.63) is 0 Å². The predicted molar refractivity (Wildman–Crippen MR) is 85.5 cm³/mol. The lowest BCUT2D eigenvalue weighted by atomic mass is 9.90. The summed E-state index contributed by atoms with van der Waals surface area (Å²) in [5.74, 6) is 1.92. The predicted octanol–water partition coefficient (Wildman–Crippen LogP) is 2.61. The third-order valence-corrected chi connectivity index (χ3v) is 3.24. The third kappa shape index (κ3) is 5.19. The Kier molecular flexibility index (Phi) is 5.98. The molecule has 0 fully saturated rings. The highest BCUT2D eigenvalue weighted by molar-refractivity contribution is 5.43. The van der Waals surface area contributed by atoms with E-state index in [2.05, 4.69) is 53.3 Å². The van der Waals surface area contributed by atoms with Gasteiger partial charge in [-0.25, -0.2) is 0 Å². The van der Waals surface area contributed by atoms with Crippen LogP contribution in [0.3, 0.4) is 0 Å². The van der Waals surface area contributed by atoms with Crippen molar-refractivity contribution in [2.45, 2.75) is 40.5 Å². The van der Waals surface area contributed by atoms with Crippen molar-refractivity contribution in [3.63, 3.8) is 0 Å². The molecule has 20 heavy (non-hydrogen) atoms. The van der Waals surface area contributed by atoms with E-state index in [1.165, 1.54) is 0 Å². The van der Waals surface area contributed by atoms with Crippen molar-refractivity contribution >= 4 is 17.8 Å². The lowest BCUT2D eigenvalue weighted by Crippen LogP contribution is -2.24. The van der Waals surface area contributed by atoms with Crippen LogP contribution in [0.15, 0.2) is 0 Å².